The zero-order chi connectivity index (χ0) is 21.3. The van der Waals surface area contributed by atoms with Crippen LogP contribution in [0.2, 0.25) is 0 Å². The Labute approximate surface area is 183 Å². The molecule has 1 saturated heterocycles. The van der Waals surface area contributed by atoms with Crippen LogP contribution in [0.15, 0.2) is 35.7 Å². The summed E-state index contributed by atoms with van der Waals surface area (Å²) in [6, 6.07) is 10.7. The monoisotopic (exact) mass is 425 g/mol. The highest BCUT2D eigenvalue weighted by molar-refractivity contribution is 7.10. The SMILES string of the molecule is CC(=O)N1CCCN(C(=O)C(C)N2CCc3sccc3C2c2ccccc2C)CC1. The molecule has 2 aliphatic heterocycles. The quantitative estimate of drug-likeness (QED) is 0.756. The molecular formula is C24H31N3O2S. The number of hydrogen-bond donors (Lipinski definition) is 0. The van der Waals surface area contributed by atoms with Crippen molar-refractivity contribution >= 4 is 23.2 Å². The van der Waals surface area contributed by atoms with E-state index in [9.17, 15) is 9.59 Å². The van der Waals surface area contributed by atoms with Crippen LogP contribution in [0.3, 0.4) is 0 Å². The lowest BCUT2D eigenvalue weighted by molar-refractivity contribution is -0.137. The Hall–Kier alpha value is -2.18. The highest BCUT2D eigenvalue weighted by Gasteiger charge is 2.37. The fraction of sp³-hybridized carbons (Fsp3) is 0.500. The molecule has 5 nitrogen and oxygen atoms in total. The Bertz CT molecular complexity index is 925. The standard InChI is InChI=1S/C24H31N3O2S/c1-17-7-4-5-8-20(17)23-21-10-16-30-22(21)9-13-27(23)18(2)24(29)26-12-6-11-25(14-15-26)19(3)28/h4-5,7-8,10,16,18,23H,6,9,11-15H2,1-3H3. The van der Waals surface area contributed by atoms with Crippen molar-refractivity contribution in [3.63, 3.8) is 0 Å². The van der Waals surface area contributed by atoms with Gasteiger partial charge in [-0.25, -0.2) is 0 Å². The molecule has 0 bridgehead atoms. The van der Waals surface area contributed by atoms with Crippen LogP contribution >= 0.6 is 11.3 Å². The van der Waals surface area contributed by atoms with E-state index in [0.29, 0.717) is 13.1 Å². The van der Waals surface area contributed by atoms with Gasteiger partial charge in [-0.2, -0.15) is 0 Å². The predicted molar refractivity (Wildman–Crippen MR) is 121 cm³/mol. The average Bonchev–Trinajstić information content (AvgIpc) is 3.08. The van der Waals surface area contributed by atoms with E-state index < -0.39 is 0 Å². The highest BCUT2D eigenvalue weighted by atomic mass is 32.1. The lowest BCUT2D eigenvalue weighted by Crippen LogP contribution is -2.51. The largest absolute Gasteiger partial charge is 0.341 e. The fourth-order valence-corrected chi connectivity index (χ4v) is 5.76. The van der Waals surface area contributed by atoms with E-state index in [1.54, 1.807) is 6.92 Å². The molecule has 1 aromatic carbocycles. The van der Waals surface area contributed by atoms with Gasteiger partial charge in [-0.3, -0.25) is 14.5 Å². The molecule has 160 valence electrons. The normalized spacial score (nSPS) is 21.1. The summed E-state index contributed by atoms with van der Waals surface area (Å²) in [4.78, 5) is 32.9. The van der Waals surface area contributed by atoms with Gasteiger partial charge in [0.1, 0.15) is 0 Å². The summed E-state index contributed by atoms with van der Waals surface area (Å²) < 4.78 is 0. The Morgan fingerprint density at radius 1 is 1.00 bits per heavy atom. The molecule has 2 unspecified atom stereocenters. The Kier molecular flexibility index (Phi) is 6.25. The van der Waals surface area contributed by atoms with Gasteiger partial charge < -0.3 is 9.80 Å². The van der Waals surface area contributed by atoms with Crippen molar-refractivity contribution in [2.75, 3.05) is 32.7 Å². The van der Waals surface area contributed by atoms with Gasteiger partial charge in [-0.1, -0.05) is 24.3 Å². The Balaban J connectivity index is 1.59. The van der Waals surface area contributed by atoms with E-state index in [1.165, 1.54) is 21.6 Å². The first-order valence-corrected chi connectivity index (χ1v) is 11.8. The summed E-state index contributed by atoms with van der Waals surface area (Å²) in [6.07, 6.45) is 1.83. The minimum atomic E-state index is -0.202. The van der Waals surface area contributed by atoms with Crippen LogP contribution in [-0.2, 0) is 16.0 Å². The molecule has 0 radical (unpaired) electrons. The number of benzene rings is 1. The van der Waals surface area contributed by atoms with Gasteiger partial charge in [-0.15, -0.1) is 11.3 Å². The van der Waals surface area contributed by atoms with Crippen molar-refractivity contribution in [1.29, 1.82) is 0 Å². The molecule has 1 aromatic heterocycles. The van der Waals surface area contributed by atoms with E-state index in [4.69, 9.17) is 0 Å². The zero-order valence-corrected chi connectivity index (χ0v) is 19.0. The molecule has 1 fully saturated rings. The van der Waals surface area contributed by atoms with Gasteiger partial charge in [-0.05, 0) is 54.8 Å². The van der Waals surface area contributed by atoms with E-state index >= 15 is 0 Å². The fourth-order valence-electron chi connectivity index (χ4n) is 4.85. The predicted octanol–water partition coefficient (Wildman–Crippen LogP) is 3.47. The van der Waals surface area contributed by atoms with Gasteiger partial charge in [0, 0.05) is 44.5 Å². The van der Waals surface area contributed by atoms with Gasteiger partial charge >= 0.3 is 0 Å². The molecule has 0 spiro atoms. The van der Waals surface area contributed by atoms with Crippen LogP contribution in [0.1, 0.15) is 47.9 Å². The third-order valence-corrected chi connectivity index (χ3v) is 7.59. The number of nitrogens with zero attached hydrogens (tertiary/aromatic N) is 3. The van der Waals surface area contributed by atoms with Crippen LogP contribution in [-0.4, -0.2) is 65.3 Å². The number of fused-ring (bicyclic) bond motifs is 1. The molecule has 0 aliphatic carbocycles. The summed E-state index contributed by atoms with van der Waals surface area (Å²) in [5.74, 6) is 0.274. The summed E-state index contributed by atoms with van der Waals surface area (Å²) in [7, 11) is 0. The van der Waals surface area contributed by atoms with Crippen LogP contribution in [0.25, 0.3) is 0 Å². The molecular weight excluding hydrogens is 394 g/mol. The third-order valence-electron chi connectivity index (χ3n) is 6.59. The number of amides is 2. The van der Waals surface area contributed by atoms with Crippen molar-refractivity contribution in [2.45, 2.75) is 45.7 Å². The molecule has 0 N–H and O–H groups in total. The van der Waals surface area contributed by atoms with Crippen LogP contribution < -0.4 is 0 Å². The zero-order valence-electron chi connectivity index (χ0n) is 18.1. The van der Waals surface area contributed by atoms with Crippen molar-refractivity contribution in [1.82, 2.24) is 14.7 Å². The van der Waals surface area contributed by atoms with E-state index in [-0.39, 0.29) is 23.9 Å². The molecule has 2 aliphatic rings. The summed E-state index contributed by atoms with van der Waals surface area (Å²) >= 11 is 1.83. The van der Waals surface area contributed by atoms with Crippen molar-refractivity contribution in [2.24, 2.45) is 0 Å². The second-order valence-electron chi connectivity index (χ2n) is 8.41. The lowest BCUT2D eigenvalue weighted by atomic mass is 9.89. The topological polar surface area (TPSA) is 43.9 Å². The van der Waals surface area contributed by atoms with E-state index in [1.807, 2.05) is 21.1 Å². The number of thiophene rings is 1. The molecule has 4 rings (SSSR count). The van der Waals surface area contributed by atoms with Crippen LogP contribution in [0, 0.1) is 6.92 Å². The van der Waals surface area contributed by atoms with Gasteiger partial charge in [0.25, 0.3) is 0 Å². The van der Waals surface area contributed by atoms with Gasteiger partial charge in [0.15, 0.2) is 0 Å². The maximum absolute atomic E-state index is 13.5. The first-order chi connectivity index (χ1) is 14.5. The number of hydrogen-bond acceptors (Lipinski definition) is 4. The minimum absolute atomic E-state index is 0.0954. The highest BCUT2D eigenvalue weighted by Crippen LogP contribution is 2.40. The first kappa shape index (κ1) is 21.1. The summed E-state index contributed by atoms with van der Waals surface area (Å²) in [5.41, 5.74) is 3.90. The molecule has 30 heavy (non-hydrogen) atoms. The van der Waals surface area contributed by atoms with Crippen molar-refractivity contribution in [3.05, 3.63) is 57.3 Å². The van der Waals surface area contributed by atoms with Crippen molar-refractivity contribution < 1.29 is 9.59 Å². The maximum atomic E-state index is 13.5. The van der Waals surface area contributed by atoms with Gasteiger partial charge in [0.2, 0.25) is 11.8 Å². The Morgan fingerprint density at radius 2 is 1.73 bits per heavy atom. The van der Waals surface area contributed by atoms with E-state index in [0.717, 1.165) is 32.5 Å². The summed E-state index contributed by atoms with van der Waals surface area (Å²) in [5, 5.41) is 2.18. The van der Waals surface area contributed by atoms with Crippen LogP contribution in [0.4, 0.5) is 0 Å². The second kappa shape index (κ2) is 8.90. The maximum Gasteiger partial charge on any atom is 0.239 e. The smallest absolute Gasteiger partial charge is 0.239 e. The molecule has 3 heterocycles. The van der Waals surface area contributed by atoms with Gasteiger partial charge in [0.05, 0.1) is 12.1 Å². The Morgan fingerprint density at radius 3 is 2.50 bits per heavy atom. The number of rotatable bonds is 3. The molecule has 0 saturated carbocycles. The molecule has 6 heteroatoms. The minimum Gasteiger partial charge on any atom is -0.341 e. The average molecular weight is 426 g/mol. The lowest BCUT2D eigenvalue weighted by Gasteiger charge is -2.41. The number of carbonyl (C=O) groups excluding carboxylic acids is 2. The molecule has 2 atom stereocenters. The number of carbonyl (C=O) groups is 2. The van der Waals surface area contributed by atoms with Crippen LogP contribution in [0.5, 0.6) is 0 Å². The first-order valence-electron chi connectivity index (χ1n) is 10.9. The molecule has 2 amide bonds. The third kappa shape index (κ3) is 4.03. The van der Waals surface area contributed by atoms with E-state index in [2.05, 4.69) is 54.5 Å². The number of aryl methyl sites for hydroxylation is 1. The summed E-state index contributed by atoms with van der Waals surface area (Å²) in [6.45, 7) is 9.41. The molecule has 2 aromatic rings. The van der Waals surface area contributed by atoms with Crippen molar-refractivity contribution in [3.8, 4) is 0 Å². The second-order valence-corrected chi connectivity index (χ2v) is 9.41.